The van der Waals surface area contributed by atoms with E-state index in [-0.39, 0.29) is 25.3 Å². The molecule has 2 rings (SSSR count). The van der Waals surface area contributed by atoms with Crippen molar-refractivity contribution in [2.45, 2.75) is 12.8 Å². The molecular weight excluding hydrogens is 365 g/mol. The second-order valence-corrected chi connectivity index (χ2v) is 5.85. The largest absolute Gasteiger partial charge is 0.456 e. The Morgan fingerprint density at radius 1 is 0.893 bits per heavy atom. The van der Waals surface area contributed by atoms with Gasteiger partial charge in [0.25, 0.3) is 5.91 Å². The highest BCUT2D eigenvalue weighted by atomic mass is 19.1. The van der Waals surface area contributed by atoms with Gasteiger partial charge in [0.05, 0.1) is 6.42 Å². The lowest BCUT2D eigenvalue weighted by atomic mass is 10.1. The number of hydrogen-bond donors (Lipinski definition) is 3. The summed E-state index contributed by atoms with van der Waals surface area (Å²) in [5.74, 6) is -1.41. The molecule has 0 aliphatic carbocycles. The Morgan fingerprint density at radius 3 is 2.36 bits per heavy atom. The van der Waals surface area contributed by atoms with Gasteiger partial charge in [0, 0.05) is 18.8 Å². The molecule has 0 saturated carbocycles. The van der Waals surface area contributed by atoms with Gasteiger partial charge < -0.3 is 20.7 Å². The Morgan fingerprint density at radius 2 is 1.61 bits per heavy atom. The van der Waals surface area contributed by atoms with Crippen molar-refractivity contribution in [2.24, 2.45) is 0 Å². The lowest BCUT2D eigenvalue weighted by molar-refractivity contribution is -0.148. The second-order valence-electron chi connectivity index (χ2n) is 5.85. The van der Waals surface area contributed by atoms with Gasteiger partial charge >= 0.3 is 12.0 Å². The van der Waals surface area contributed by atoms with Crippen molar-refractivity contribution in [3.63, 3.8) is 0 Å². The summed E-state index contributed by atoms with van der Waals surface area (Å²) in [5, 5.41) is 7.69. The van der Waals surface area contributed by atoms with Crippen LogP contribution in [0.15, 0.2) is 54.6 Å². The van der Waals surface area contributed by atoms with Crippen LogP contribution in [0.2, 0.25) is 0 Å². The fraction of sp³-hybridized carbons (Fsp3) is 0.250. The Kier molecular flexibility index (Phi) is 8.45. The Labute approximate surface area is 162 Å². The number of hydrogen-bond acceptors (Lipinski definition) is 4. The first-order valence-corrected chi connectivity index (χ1v) is 8.80. The van der Waals surface area contributed by atoms with Gasteiger partial charge in [-0.2, -0.15) is 0 Å². The van der Waals surface area contributed by atoms with E-state index in [1.807, 2.05) is 6.07 Å². The molecule has 0 saturated heterocycles. The third-order valence-electron chi connectivity index (χ3n) is 3.68. The minimum atomic E-state index is -0.607. The summed E-state index contributed by atoms with van der Waals surface area (Å²) in [6.45, 7) is -0.114. The number of rotatable bonds is 9. The van der Waals surface area contributed by atoms with Gasteiger partial charge in [0.2, 0.25) is 0 Å². The fourth-order valence-electron chi connectivity index (χ4n) is 2.28. The molecule has 0 aliphatic heterocycles. The van der Waals surface area contributed by atoms with Crippen LogP contribution in [0.25, 0.3) is 0 Å². The van der Waals surface area contributed by atoms with Crippen LogP contribution in [0, 0.1) is 5.82 Å². The average Bonchev–Trinajstić information content (AvgIpc) is 2.68. The van der Waals surface area contributed by atoms with Crippen LogP contribution in [0.5, 0.6) is 0 Å². The zero-order chi connectivity index (χ0) is 20.2. The number of benzene rings is 2. The maximum Gasteiger partial charge on any atom is 0.319 e. The van der Waals surface area contributed by atoms with E-state index in [2.05, 4.69) is 16.0 Å². The van der Waals surface area contributed by atoms with Crippen LogP contribution in [-0.2, 0) is 20.7 Å². The number of nitrogens with one attached hydrogen (secondary N) is 3. The van der Waals surface area contributed by atoms with Crippen LogP contribution in [-0.4, -0.2) is 37.6 Å². The SMILES string of the molecule is O=C(COC(=O)CCNC(=O)Nc1ccccc1)NCCc1ccccc1F. The van der Waals surface area contributed by atoms with Crippen LogP contribution < -0.4 is 16.0 Å². The van der Waals surface area contributed by atoms with Gasteiger partial charge in [-0.15, -0.1) is 0 Å². The number of esters is 1. The zero-order valence-electron chi connectivity index (χ0n) is 15.2. The monoisotopic (exact) mass is 387 g/mol. The first-order valence-electron chi connectivity index (χ1n) is 8.80. The molecule has 0 atom stereocenters. The molecule has 3 amide bonds. The van der Waals surface area contributed by atoms with E-state index in [9.17, 15) is 18.8 Å². The van der Waals surface area contributed by atoms with Crippen molar-refractivity contribution >= 4 is 23.6 Å². The maximum atomic E-state index is 13.4. The first-order chi connectivity index (χ1) is 13.5. The molecule has 7 nitrogen and oxygen atoms in total. The highest BCUT2D eigenvalue weighted by Gasteiger charge is 2.09. The lowest BCUT2D eigenvalue weighted by Gasteiger charge is -2.08. The van der Waals surface area contributed by atoms with Crippen molar-refractivity contribution < 1.29 is 23.5 Å². The Bertz CT molecular complexity index is 799. The van der Waals surface area contributed by atoms with Gasteiger partial charge in [-0.05, 0) is 30.2 Å². The van der Waals surface area contributed by atoms with Crippen molar-refractivity contribution in [1.82, 2.24) is 10.6 Å². The number of amides is 3. The molecule has 0 aliphatic rings. The molecule has 2 aromatic carbocycles. The van der Waals surface area contributed by atoms with E-state index < -0.39 is 24.5 Å². The molecule has 0 unspecified atom stereocenters. The summed E-state index contributed by atoms with van der Waals surface area (Å²) in [4.78, 5) is 34.9. The summed E-state index contributed by atoms with van der Waals surface area (Å²) in [6.07, 6.45) is 0.275. The molecule has 148 valence electrons. The van der Waals surface area contributed by atoms with E-state index in [4.69, 9.17) is 4.74 Å². The second kappa shape index (κ2) is 11.3. The third-order valence-corrected chi connectivity index (χ3v) is 3.68. The van der Waals surface area contributed by atoms with Crippen LogP contribution >= 0.6 is 0 Å². The summed E-state index contributed by atoms with van der Waals surface area (Å²) in [7, 11) is 0. The Balaban J connectivity index is 1.54. The minimum Gasteiger partial charge on any atom is -0.456 e. The third kappa shape index (κ3) is 7.86. The predicted octanol–water partition coefficient (Wildman–Crippen LogP) is 2.24. The van der Waals surface area contributed by atoms with E-state index in [0.29, 0.717) is 17.7 Å². The van der Waals surface area contributed by atoms with Crippen LogP contribution in [0.3, 0.4) is 0 Å². The van der Waals surface area contributed by atoms with Gasteiger partial charge in [-0.3, -0.25) is 9.59 Å². The molecule has 0 heterocycles. The molecule has 0 aromatic heterocycles. The smallest absolute Gasteiger partial charge is 0.319 e. The molecule has 0 fully saturated rings. The molecule has 28 heavy (non-hydrogen) atoms. The fourth-order valence-corrected chi connectivity index (χ4v) is 2.28. The maximum absolute atomic E-state index is 13.4. The highest BCUT2D eigenvalue weighted by Crippen LogP contribution is 2.06. The topological polar surface area (TPSA) is 96.5 Å². The summed E-state index contributed by atoms with van der Waals surface area (Å²) in [6, 6.07) is 14.7. The van der Waals surface area contributed by atoms with Crippen molar-refractivity contribution in [2.75, 3.05) is 25.0 Å². The Hall–Kier alpha value is -3.42. The average molecular weight is 387 g/mol. The van der Waals surface area contributed by atoms with Crippen molar-refractivity contribution in [3.8, 4) is 0 Å². The molecule has 0 spiro atoms. The molecular formula is C20H22FN3O4. The number of ether oxygens (including phenoxy) is 1. The van der Waals surface area contributed by atoms with E-state index in [0.717, 1.165) is 0 Å². The predicted molar refractivity (Wildman–Crippen MR) is 102 cm³/mol. The quantitative estimate of drug-likeness (QED) is 0.575. The van der Waals surface area contributed by atoms with E-state index in [1.165, 1.54) is 6.07 Å². The van der Waals surface area contributed by atoms with Crippen molar-refractivity contribution in [1.29, 1.82) is 0 Å². The molecule has 2 aromatic rings. The number of halogens is 1. The zero-order valence-corrected chi connectivity index (χ0v) is 15.2. The highest BCUT2D eigenvalue weighted by molar-refractivity contribution is 5.89. The molecule has 3 N–H and O–H groups in total. The summed E-state index contributed by atoms with van der Waals surface area (Å²) in [5.41, 5.74) is 1.13. The standard InChI is InChI=1S/C20H22FN3O4/c21-17-9-5-4-6-15(17)10-12-22-18(25)14-28-19(26)11-13-23-20(27)24-16-7-2-1-3-8-16/h1-9H,10-14H2,(H,22,25)(H2,23,24,27). The normalized spacial score (nSPS) is 10.0. The number of urea groups is 1. The molecule has 0 radical (unpaired) electrons. The molecule has 8 heteroatoms. The van der Waals surface area contributed by atoms with E-state index >= 15 is 0 Å². The van der Waals surface area contributed by atoms with Crippen molar-refractivity contribution in [3.05, 3.63) is 66.0 Å². The minimum absolute atomic E-state index is 0.0648. The number of carbonyl (C=O) groups is 3. The number of anilines is 1. The molecule has 0 bridgehead atoms. The summed E-state index contributed by atoms with van der Waals surface area (Å²) >= 11 is 0. The van der Waals surface area contributed by atoms with Gasteiger partial charge in [-0.1, -0.05) is 36.4 Å². The van der Waals surface area contributed by atoms with Gasteiger partial charge in [0.1, 0.15) is 5.82 Å². The lowest BCUT2D eigenvalue weighted by Crippen LogP contribution is -2.32. The van der Waals surface area contributed by atoms with Crippen LogP contribution in [0.4, 0.5) is 14.9 Å². The van der Waals surface area contributed by atoms with Gasteiger partial charge in [0.15, 0.2) is 6.61 Å². The summed E-state index contributed by atoms with van der Waals surface area (Å²) < 4.78 is 18.3. The van der Waals surface area contributed by atoms with Gasteiger partial charge in [-0.25, -0.2) is 9.18 Å². The number of para-hydroxylation sites is 1. The van der Waals surface area contributed by atoms with Crippen LogP contribution in [0.1, 0.15) is 12.0 Å². The first kappa shape index (κ1) is 20.9. The van der Waals surface area contributed by atoms with E-state index in [1.54, 1.807) is 42.5 Å². The number of carbonyl (C=O) groups excluding carboxylic acids is 3.